The molecule has 3 aromatic rings. The number of hydrogen-bond donors (Lipinski definition) is 3. The van der Waals surface area contributed by atoms with Gasteiger partial charge in [-0.2, -0.15) is 15.0 Å². The van der Waals surface area contributed by atoms with E-state index in [2.05, 4.69) is 64.3 Å². The van der Waals surface area contributed by atoms with Gasteiger partial charge in [-0.15, -0.1) is 0 Å². The third-order valence-electron chi connectivity index (χ3n) is 4.76. The van der Waals surface area contributed by atoms with Crippen molar-refractivity contribution in [1.82, 2.24) is 15.0 Å². The topological polar surface area (TPSA) is 74.8 Å². The minimum absolute atomic E-state index is 0.255. The second kappa shape index (κ2) is 11.7. The van der Waals surface area contributed by atoms with Gasteiger partial charge in [0.15, 0.2) is 0 Å². The Morgan fingerprint density at radius 3 is 2.16 bits per heavy atom. The molecule has 0 saturated carbocycles. The second-order valence-electron chi connectivity index (χ2n) is 7.10. The van der Waals surface area contributed by atoms with E-state index in [1.807, 2.05) is 63.2 Å². The minimum Gasteiger partial charge on any atom is -0.352 e. The second-order valence-corrected chi connectivity index (χ2v) is 7.10. The van der Waals surface area contributed by atoms with Crippen molar-refractivity contribution in [2.24, 2.45) is 0 Å². The van der Waals surface area contributed by atoms with E-state index in [1.54, 1.807) is 0 Å². The van der Waals surface area contributed by atoms with Crippen LogP contribution in [-0.2, 0) is 0 Å². The molecule has 6 heteroatoms. The van der Waals surface area contributed by atoms with Crippen molar-refractivity contribution in [3.05, 3.63) is 65.7 Å². The molecule has 164 valence electrons. The molecule has 0 aliphatic heterocycles. The zero-order chi connectivity index (χ0) is 22.8. The van der Waals surface area contributed by atoms with Crippen LogP contribution in [0.3, 0.4) is 0 Å². The van der Waals surface area contributed by atoms with E-state index in [0.717, 1.165) is 34.5 Å². The zero-order valence-electron chi connectivity index (χ0n) is 19.5. The molecule has 0 bridgehead atoms. The van der Waals surface area contributed by atoms with Crippen molar-refractivity contribution in [2.75, 3.05) is 16.0 Å². The monoisotopic (exact) mass is 418 g/mol. The first-order chi connectivity index (χ1) is 15.0. The van der Waals surface area contributed by atoms with Crippen LogP contribution in [0.4, 0.5) is 29.2 Å². The van der Waals surface area contributed by atoms with Gasteiger partial charge < -0.3 is 16.0 Å². The van der Waals surface area contributed by atoms with Gasteiger partial charge >= 0.3 is 0 Å². The number of para-hydroxylation sites is 1. The van der Waals surface area contributed by atoms with Crippen LogP contribution in [0.2, 0.25) is 0 Å². The van der Waals surface area contributed by atoms with Gasteiger partial charge in [0.05, 0.1) is 0 Å². The predicted molar refractivity (Wildman–Crippen MR) is 134 cm³/mol. The molecule has 2 aromatic carbocycles. The van der Waals surface area contributed by atoms with Crippen molar-refractivity contribution < 1.29 is 0 Å². The van der Waals surface area contributed by atoms with Crippen LogP contribution in [0.25, 0.3) is 6.08 Å². The van der Waals surface area contributed by atoms with Crippen molar-refractivity contribution in [3.63, 3.8) is 0 Å². The Bertz CT molecular complexity index is 999. The maximum Gasteiger partial charge on any atom is 0.233 e. The molecule has 0 fully saturated rings. The van der Waals surface area contributed by atoms with E-state index in [4.69, 9.17) is 0 Å². The highest BCUT2D eigenvalue weighted by Gasteiger charge is 2.10. The molecule has 0 aliphatic carbocycles. The van der Waals surface area contributed by atoms with Gasteiger partial charge in [-0.25, -0.2) is 0 Å². The maximum absolute atomic E-state index is 4.57. The lowest BCUT2D eigenvalue weighted by atomic mass is 10.1. The third kappa shape index (κ3) is 6.81. The van der Waals surface area contributed by atoms with Gasteiger partial charge in [0.2, 0.25) is 17.8 Å². The summed E-state index contributed by atoms with van der Waals surface area (Å²) in [6.07, 6.45) is 2.82. The number of hydrogen-bond acceptors (Lipinski definition) is 6. The Kier molecular flexibility index (Phi) is 9.00. The molecule has 0 saturated heterocycles. The fourth-order valence-electron chi connectivity index (χ4n) is 2.82. The van der Waals surface area contributed by atoms with Crippen LogP contribution < -0.4 is 16.0 Å². The molecular weight excluding hydrogens is 384 g/mol. The van der Waals surface area contributed by atoms with Gasteiger partial charge in [0.1, 0.15) is 0 Å². The van der Waals surface area contributed by atoms with E-state index in [1.165, 1.54) is 0 Å². The average molecular weight is 419 g/mol. The van der Waals surface area contributed by atoms with Crippen LogP contribution in [-0.4, -0.2) is 21.0 Å². The molecule has 0 spiro atoms. The highest BCUT2D eigenvalue weighted by atomic mass is 15.3. The van der Waals surface area contributed by atoms with Crippen LogP contribution in [0.1, 0.15) is 50.8 Å². The Morgan fingerprint density at radius 1 is 0.903 bits per heavy atom. The average Bonchev–Trinajstić information content (AvgIpc) is 2.77. The minimum atomic E-state index is 0.255. The zero-order valence-corrected chi connectivity index (χ0v) is 19.5. The molecule has 0 amide bonds. The normalized spacial score (nSPS) is 11.0. The highest BCUT2D eigenvalue weighted by Crippen LogP contribution is 2.22. The third-order valence-corrected chi connectivity index (χ3v) is 4.76. The first kappa shape index (κ1) is 23.9. The van der Waals surface area contributed by atoms with Crippen molar-refractivity contribution in [2.45, 2.75) is 54.0 Å². The predicted octanol–water partition coefficient (Wildman–Crippen LogP) is 6.86. The summed E-state index contributed by atoms with van der Waals surface area (Å²) < 4.78 is 0. The fourth-order valence-corrected chi connectivity index (χ4v) is 2.82. The van der Waals surface area contributed by atoms with E-state index in [-0.39, 0.29) is 6.04 Å². The van der Waals surface area contributed by atoms with E-state index >= 15 is 0 Å². The summed E-state index contributed by atoms with van der Waals surface area (Å²) in [5.74, 6) is 1.50. The maximum atomic E-state index is 4.57. The van der Waals surface area contributed by atoms with Gasteiger partial charge in [0.25, 0.3) is 0 Å². The Morgan fingerprint density at radius 2 is 1.55 bits per heavy atom. The van der Waals surface area contributed by atoms with Crippen LogP contribution >= 0.6 is 0 Å². The first-order valence-electron chi connectivity index (χ1n) is 10.8. The van der Waals surface area contributed by atoms with Gasteiger partial charge in [0, 0.05) is 17.4 Å². The lowest BCUT2D eigenvalue weighted by Gasteiger charge is -2.15. The highest BCUT2D eigenvalue weighted by molar-refractivity contribution is 5.64. The number of nitrogens with zero attached hydrogens (tertiary/aromatic N) is 3. The largest absolute Gasteiger partial charge is 0.352 e. The lowest BCUT2D eigenvalue weighted by Crippen LogP contribution is -2.17. The Hall–Kier alpha value is -3.41. The van der Waals surface area contributed by atoms with Gasteiger partial charge in [-0.05, 0) is 62.1 Å². The van der Waals surface area contributed by atoms with Crippen molar-refractivity contribution >= 4 is 35.3 Å². The molecule has 3 N–H and O–H groups in total. The standard InChI is InChI=1S/C23H28N6.C2H6/c1-6-17(5)24-21-27-22(25-19-13-12-18(7-2)16(4)14-19)29-23(28-21)26-20-11-9-8-10-15(20)3;1-2/h7-14,17H,2,6H2,1,3-5H3,(H3,24,25,26,27,28,29);1-2H3. The summed E-state index contributed by atoms with van der Waals surface area (Å²) in [6, 6.07) is 14.4. The Labute approximate surface area is 186 Å². The number of anilines is 5. The molecule has 1 aromatic heterocycles. The quantitative estimate of drug-likeness (QED) is 0.371. The summed E-state index contributed by atoms with van der Waals surface area (Å²) in [7, 11) is 0. The summed E-state index contributed by atoms with van der Waals surface area (Å²) >= 11 is 0. The lowest BCUT2D eigenvalue weighted by molar-refractivity contribution is 0.751. The first-order valence-corrected chi connectivity index (χ1v) is 10.8. The molecule has 1 atom stereocenters. The van der Waals surface area contributed by atoms with Crippen LogP contribution in [0, 0.1) is 13.8 Å². The fraction of sp³-hybridized carbons (Fsp3) is 0.320. The van der Waals surface area contributed by atoms with Crippen LogP contribution in [0.15, 0.2) is 49.0 Å². The molecule has 1 heterocycles. The number of aryl methyl sites for hydroxylation is 2. The molecule has 3 rings (SSSR count). The molecular formula is C25H34N6. The SMILES string of the molecule is C=Cc1ccc(Nc2nc(Nc3ccccc3C)nc(NC(C)CC)n2)cc1C.CC. The van der Waals surface area contributed by atoms with Crippen LogP contribution in [0.5, 0.6) is 0 Å². The summed E-state index contributed by atoms with van der Waals surface area (Å²) in [6.45, 7) is 16.2. The molecule has 31 heavy (non-hydrogen) atoms. The smallest absolute Gasteiger partial charge is 0.233 e. The van der Waals surface area contributed by atoms with Gasteiger partial charge in [-0.3, -0.25) is 0 Å². The van der Waals surface area contributed by atoms with Crippen molar-refractivity contribution in [3.8, 4) is 0 Å². The van der Waals surface area contributed by atoms with E-state index < -0.39 is 0 Å². The number of benzene rings is 2. The number of nitrogens with one attached hydrogen (secondary N) is 3. The van der Waals surface area contributed by atoms with E-state index in [0.29, 0.717) is 17.8 Å². The number of rotatable bonds is 8. The molecule has 0 aliphatic rings. The molecule has 1 unspecified atom stereocenters. The van der Waals surface area contributed by atoms with Crippen molar-refractivity contribution in [1.29, 1.82) is 0 Å². The van der Waals surface area contributed by atoms with E-state index in [9.17, 15) is 0 Å². The summed E-state index contributed by atoms with van der Waals surface area (Å²) in [4.78, 5) is 13.7. The Balaban J connectivity index is 0.00000166. The van der Waals surface area contributed by atoms with Gasteiger partial charge in [-0.1, -0.05) is 57.7 Å². The molecule has 0 radical (unpaired) electrons. The summed E-state index contributed by atoms with van der Waals surface area (Å²) in [5.41, 5.74) is 5.23. The molecule has 6 nitrogen and oxygen atoms in total. The summed E-state index contributed by atoms with van der Waals surface area (Å²) in [5, 5.41) is 9.93. The number of aromatic nitrogens is 3.